The lowest BCUT2D eigenvalue weighted by Crippen LogP contribution is -2.44. The predicted molar refractivity (Wildman–Crippen MR) is 96.8 cm³/mol. The average molecular weight is 356 g/mol. The van der Waals surface area contributed by atoms with E-state index in [9.17, 15) is 13.2 Å². The Morgan fingerprint density at radius 3 is 2.33 bits per heavy atom. The molecule has 6 nitrogen and oxygen atoms in total. The number of benzene rings is 1. The third-order valence-electron chi connectivity index (χ3n) is 3.55. The molecule has 0 fully saturated rings. The minimum atomic E-state index is -3.60. The second kappa shape index (κ2) is 8.37. The zero-order chi connectivity index (χ0) is 18.5. The molecule has 1 aromatic carbocycles. The summed E-state index contributed by atoms with van der Waals surface area (Å²) in [5.74, 6) is 0.493. The maximum Gasteiger partial charge on any atom is 0.240 e. The van der Waals surface area contributed by atoms with Gasteiger partial charge in [-0.15, -0.1) is 0 Å². The van der Waals surface area contributed by atoms with E-state index in [0.29, 0.717) is 11.4 Å². The van der Waals surface area contributed by atoms with Gasteiger partial charge < -0.3 is 10.1 Å². The first-order valence-electron chi connectivity index (χ1n) is 8.04. The van der Waals surface area contributed by atoms with Crippen LogP contribution in [0.4, 0.5) is 5.69 Å². The molecule has 7 heteroatoms. The molecule has 0 aromatic heterocycles. The van der Waals surface area contributed by atoms with Gasteiger partial charge in [-0.3, -0.25) is 9.10 Å². The average Bonchev–Trinajstić information content (AvgIpc) is 2.42. The van der Waals surface area contributed by atoms with E-state index in [1.165, 1.54) is 0 Å². The van der Waals surface area contributed by atoms with E-state index in [-0.39, 0.29) is 30.5 Å². The fourth-order valence-electron chi connectivity index (χ4n) is 1.98. The van der Waals surface area contributed by atoms with Gasteiger partial charge >= 0.3 is 0 Å². The number of nitrogens with zero attached hydrogens (tertiary/aromatic N) is 1. The molecule has 1 amide bonds. The van der Waals surface area contributed by atoms with Crippen molar-refractivity contribution in [2.75, 3.05) is 17.1 Å². The van der Waals surface area contributed by atoms with Gasteiger partial charge in [-0.1, -0.05) is 19.9 Å². The normalized spacial score (nSPS) is 13.0. The Bertz CT molecular complexity index is 656. The van der Waals surface area contributed by atoms with Gasteiger partial charge in [0.15, 0.2) is 0 Å². The van der Waals surface area contributed by atoms with E-state index in [2.05, 4.69) is 5.32 Å². The summed E-state index contributed by atoms with van der Waals surface area (Å²) >= 11 is 0. The van der Waals surface area contributed by atoms with Crippen LogP contribution in [-0.4, -0.2) is 39.3 Å². The van der Waals surface area contributed by atoms with E-state index in [1.54, 1.807) is 24.3 Å². The van der Waals surface area contributed by atoms with Crippen molar-refractivity contribution < 1.29 is 17.9 Å². The van der Waals surface area contributed by atoms with Crippen molar-refractivity contribution in [3.8, 4) is 5.75 Å². The molecule has 0 radical (unpaired) electrons. The maximum atomic E-state index is 12.2. The van der Waals surface area contributed by atoms with Crippen LogP contribution in [0.5, 0.6) is 5.75 Å². The highest BCUT2D eigenvalue weighted by Gasteiger charge is 2.22. The Labute approximate surface area is 145 Å². The number of hydrogen-bond donors (Lipinski definition) is 1. The Hall–Kier alpha value is -1.76. The molecule has 0 heterocycles. The number of sulfonamides is 1. The molecule has 0 spiro atoms. The van der Waals surface area contributed by atoms with E-state index in [1.807, 2.05) is 34.6 Å². The smallest absolute Gasteiger partial charge is 0.240 e. The molecular formula is C17H28N2O4S. The maximum absolute atomic E-state index is 12.2. The van der Waals surface area contributed by atoms with Crippen molar-refractivity contribution in [1.82, 2.24) is 5.32 Å². The standard InChI is InChI=1S/C17H28N2O4S/c1-12(2)14(5)18-17(20)11-19(24(6,21)22)15-8-7-9-16(10-15)23-13(3)4/h7-10,12-14H,11H2,1-6H3,(H,18,20)/t14-/m1/s1. The summed E-state index contributed by atoms with van der Waals surface area (Å²) in [6.45, 7) is 9.40. The van der Waals surface area contributed by atoms with Gasteiger partial charge in [0.05, 0.1) is 18.0 Å². The summed E-state index contributed by atoms with van der Waals surface area (Å²) in [5, 5.41) is 2.82. The molecule has 0 saturated carbocycles. The van der Waals surface area contributed by atoms with Crippen LogP contribution in [0.3, 0.4) is 0 Å². The number of carbonyl (C=O) groups is 1. The number of rotatable bonds is 8. The van der Waals surface area contributed by atoms with Crippen molar-refractivity contribution >= 4 is 21.6 Å². The molecule has 0 saturated heterocycles. The van der Waals surface area contributed by atoms with Gasteiger partial charge in [-0.2, -0.15) is 0 Å². The van der Waals surface area contributed by atoms with Gasteiger partial charge in [0, 0.05) is 12.1 Å². The van der Waals surface area contributed by atoms with Crippen molar-refractivity contribution in [3.05, 3.63) is 24.3 Å². The number of amides is 1. The predicted octanol–water partition coefficient (Wildman–Crippen LogP) is 2.40. The van der Waals surface area contributed by atoms with Gasteiger partial charge in [0.25, 0.3) is 0 Å². The topological polar surface area (TPSA) is 75.7 Å². The van der Waals surface area contributed by atoms with Crippen LogP contribution in [0.1, 0.15) is 34.6 Å². The van der Waals surface area contributed by atoms with Crippen molar-refractivity contribution in [2.24, 2.45) is 5.92 Å². The summed E-state index contributed by atoms with van der Waals surface area (Å²) in [4.78, 5) is 12.2. The van der Waals surface area contributed by atoms with E-state index in [0.717, 1.165) is 10.6 Å². The van der Waals surface area contributed by atoms with E-state index < -0.39 is 10.0 Å². The molecule has 0 bridgehead atoms. The highest BCUT2D eigenvalue weighted by molar-refractivity contribution is 7.92. The molecule has 0 aliphatic heterocycles. The van der Waals surface area contributed by atoms with E-state index >= 15 is 0 Å². The number of carbonyl (C=O) groups excluding carboxylic acids is 1. The van der Waals surface area contributed by atoms with Gasteiger partial charge in [-0.05, 0) is 38.8 Å². The lowest BCUT2D eigenvalue weighted by Gasteiger charge is -2.24. The van der Waals surface area contributed by atoms with Crippen LogP contribution < -0.4 is 14.4 Å². The van der Waals surface area contributed by atoms with Crippen LogP contribution in [0.25, 0.3) is 0 Å². The second-order valence-electron chi connectivity index (χ2n) is 6.53. The fraction of sp³-hybridized carbons (Fsp3) is 0.588. The minimum absolute atomic E-state index is 0.0258. The van der Waals surface area contributed by atoms with Crippen LogP contribution in [0.2, 0.25) is 0 Å². The largest absolute Gasteiger partial charge is 0.491 e. The first kappa shape index (κ1) is 20.3. The summed E-state index contributed by atoms with van der Waals surface area (Å²) in [7, 11) is -3.60. The summed E-state index contributed by atoms with van der Waals surface area (Å²) < 4.78 is 30.9. The molecule has 0 aliphatic carbocycles. The monoisotopic (exact) mass is 356 g/mol. The summed E-state index contributed by atoms with van der Waals surface area (Å²) in [6.07, 6.45) is 1.06. The van der Waals surface area contributed by atoms with Crippen LogP contribution in [0, 0.1) is 5.92 Å². The molecule has 24 heavy (non-hydrogen) atoms. The number of ether oxygens (including phenoxy) is 1. The molecule has 136 valence electrons. The highest BCUT2D eigenvalue weighted by Crippen LogP contribution is 2.24. The molecule has 0 aliphatic rings. The third kappa shape index (κ3) is 6.39. The highest BCUT2D eigenvalue weighted by atomic mass is 32.2. The van der Waals surface area contributed by atoms with Crippen molar-refractivity contribution in [3.63, 3.8) is 0 Å². The van der Waals surface area contributed by atoms with E-state index in [4.69, 9.17) is 4.74 Å². The number of nitrogens with one attached hydrogen (secondary N) is 1. The Balaban J connectivity index is 3.01. The number of hydrogen-bond acceptors (Lipinski definition) is 4. The molecule has 1 rings (SSSR count). The lowest BCUT2D eigenvalue weighted by molar-refractivity contribution is -0.120. The molecule has 1 N–H and O–H groups in total. The Kier molecular flexibility index (Phi) is 7.08. The first-order chi connectivity index (χ1) is 11.0. The first-order valence-corrected chi connectivity index (χ1v) is 9.89. The zero-order valence-corrected chi connectivity index (χ0v) is 16.1. The Morgan fingerprint density at radius 1 is 1.21 bits per heavy atom. The SMILES string of the molecule is CC(C)Oc1cccc(N(CC(=O)N[C@H](C)C(C)C)S(C)(=O)=O)c1. The van der Waals surface area contributed by atoms with Gasteiger partial charge in [-0.25, -0.2) is 8.42 Å². The third-order valence-corrected chi connectivity index (χ3v) is 4.69. The van der Waals surface area contributed by atoms with Crippen LogP contribution >= 0.6 is 0 Å². The van der Waals surface area contributed by atoms with Crippen LogP contribution in [0.15, 0.2) is 24.3 Å². The quantitative estimate of drug-likeness (QED) is 0.776. The number of anilines is 1. The summed E-state index contributed by atoms with van der Waals surface area (Å²) in [6, 6.07) is 6.70. The Morgan fingerprint density at radius 2 is 1.83 bits per heavy atom. The van der Waals surface area contributed by atoms with Crippen molar-refractivity contribution in [2.45, 2.75) is 46.8 Å². The lowest BCUT2D eigenvalue weighted by atomic mass is 10.1. The van der Waals surface area contributed by atoms with Crippen molar-refractivity contribution in [1.29, 1.82) is 0 Å². The molecular weight excluding hydrogens is 328 g/mol. The van der Waals surface area contributed by atoms with Gasteiger partial charge in [0.2, 0.25) is 15.9 Å². The molecule has 1 aromatic rings. The second-order valence-corrected chi connectivity index (χ2v) is 8.44. The summed E-state index contributed by atoms with van der Waals surface area (Å²) in [5.41, 5.74) is 0.406. The van der Waals surface area contributed by atoms with Crippen LogP contribution in [-0.2, 0) is 14.8 Å². The molecule has 1 atom stereocenters. The fourth-order valence-corrected chi connectivity index (χ4v) is 2.83. The minimum Gasteiger partial charge on any atom is -0.491 e. The van der Waals surface area contributed by atoms with Gasteiger partial charge in [0.1, 0.15) is 12.3 Å². The molecule has 0 unspecified atom stereocenters. The zero-order valence-electron chi connectivity index (χ0n) is 15.2.